The van der Waals surface area contributed by atoms with Gasteiger partial charge < -0.3 is 25.1 Å². The zero-order valence-corrected chi connectivity index (χ0v) is 14.0. The molecule has 0 bridgehead atoms. The van der Waals surface area contributed by atoms with Gasteiger partial charge in [0.15, 0.2) is 6.61 Å². The molecule has 11 heteroatoms. The fraction of sp³-hybridized carbons (Fsp3) is 0.643. The molecule has 25 heavy (non-hydrogen) atoms. The third-order valence-electron chi connectivity index (χ3n) is 2.57. The Morgan fingerprint density at radius 3 is 2.24 bits per heavy atom. The molecular weight excluding hydrogens is 340 g/mol. The van der Waals surface area contributed by atoms with Gasteiger partial charge in [-0.05, 0) is 27.2 Å². The Bertz CT molecular complexity index is 571. The highest BCUT2D eigenvalue weighted by molar-refractivity contribution is 5.81. The zero-order chi connectivity index (χ0) is 19.6. The summed E-state index contributed by atoms with van der Waals surface area (Å²) in [6.07, 6.45) is -1.69. The van der Waals surface area contributed by atoms with Crippen LogP contribution in [0.4, 0.5) is 4.79 Å². The maximum atomic E-state index is 11.6. The first-order valence-corrected chi connectivity index (χ1v) is 7.10. The number of aliphatic carboxylic acids is 2. The first-order chi connectivity index (χ1) is 11.4. The number of carbonyl (C=O) groups is 3. The molecule has 0 spiro atoms. The molecule has 0 saturated carbocycles. The molecule has 0 aromatic rings. The molecule has 0 radical (unpaired) electrons. The predicted molar refractivity (Wildman–Crippen MR) is 81.9 cm³/mol. The van der Waals surface area contributed by atoms with E-state index in [1.54, 1.807) is 20.8 Å². The van der Waals surface area contributed by atoms with E-state index >= 15 is 0 Å². The van der Waals surface area contributed by atoms with Crippen LogP contribution in [0.15, 0.2) is 0 Å². The summed E-state index contributed by atoms with van der Waals surface area (Å²) in [5.74, 6) is 0.645. The van der Waals surface area contributed by atoms with Crippen LogP contribution in [0.5, 0.6) is 0 Å². The monoisotopic (exact) mass is 360 g/mol. The van der Waals surface area contributed by atoms with Gasteiger partial charge in [0.05, 0.1) is 5.92 Å². The maximum absolute atomic E-state index is 11.6. The summed E-state index contributed by atoms with van der Waals surface area (Å²) in [5, 5.41) is 29.2. The summed E-state index contributed by atoms with van der Waals surface area (Å²) in [4.78, 5) is 47.9. The zero-order valence-electron chi connectivity index (χ0n) is 14.0. The van der Waals surface area contributed by atoms with E-state index in [-0.39, 0.29) is 6.42 Å². The Balaban J connectivity index is 4.80. The van der Waals surface area contributed by atoms with Crippen molar-refractivity contribution >= 4 is 18.0 Å². The highest BCUT2D eigenvalue weighted by Gasteiger charge is 2.29. The van der Waals surface area contributed by atoms with Crippen molar-refractivity contribution in [2.75, 3.05) is 6.61 Å². The van der Waals surface area contributed by atoms with Gasteiger partial charge in [0.2, 0.25) is 0 Å². The van der Waals surface area contributed by atoms with Crippen molar-refractivity contribution in [1.29, 1.82) is 0 Å². The topological polar surface area (TPSA) is 165 Å². The van der Waals surface area contributed by atoms with E-state index < -0.39 is 53.7 Å². The third kappa shape index (κ3) is 11.2. The number of ether oxygens (including phenoxy) is 1. The van der Waals surface area contributed by atoms with Gasteiger partial charge in [-0.15, -0.1) is 16.0 Å². The number of carbonyl (C=O) groups excluding carboxylic acids is 1. The fourth-order valence-electron chi connectivity index (χ4n) is 1.56. The van der Waals surface area contributed by atoms with Gasteiger partial charge in [0, 0.05) is 6.42 Å². The van der Waals surface area contributed by atoms with E-state index in [4.69, 9.17) is 14.9 Å². The smallest absolute Gasteiger partial charge is 0.408 e. The van der Waals surface area contributed by atoms with E-state index in [9.17, 15) is 24.5 Å². The van der Waals surface area contributed by atoms with Gasteiger partial charge >= 0.3 is 18.0 Å². The molecule has 0 aliphatic rings. The van der Waals surface area contributed by atoms with Gasteiger partial charge in [-0.3, -0.25) is 4.79 Å². The molecule has 140 valence electrons. The lowest BCUT2D eigenvalue weighted by Gasteiger charge is -2.23. The molecular formula is C14H20N2O9. The van der Waals surface area contributed by atoms with Crippen LogP contribution in [0.2, 0.25) is 0 Å². The van der Waals surface area contributed by atoms with Crippen molar-refractivity contribution in [2.45, 2.75) is 45.3 Å². The summed E-state index contributed by atoms with van der Waals surface area (Å²) >= 11 is 0. The Morgan fingerprint density at radius 1 is 1.20 bits per heavy atom. The molecule has 0 heterocycles. The lowest BCUT2D eigenvalue weighted by molar-refractivity contribution is -0.754. The van der Waals surface area contributed by atoms with E-state index in [0.717, 1.165) is 0 Å². The minimum absolute atomic E-state index is 0.268. The molecule has 0 aromatic carbocycles. The van der Waals surface area contributed by atoms with Gasteiger partial charge in [-0.1, -0.05) is 5.92 Å². The van der Waals surface area contributed by atoms with Gasteiger partial charge in [-0.2, -0.15) is 0 Å². The van der Waals surface area contributed by atoms with Gasteiger partial charge in [0.1, 0.15) is 11.6 Å². The summed E-state index contributed by atoms with van der Waals surface area (Å²) in [6.45, 7) is 4.23. The standard InChI is InChI=1S/C14H20N2O9/c1-14(2,3)25-13(21)15-10(12(19)20)8-9(11(17)18)6-4-5-7-24-16(22)23/h9-10H,6-8H2,1-3H3,(H,15,21)(H,17,18)(H,19,20)/t9?,10-/m0/s1. The Morgan fingerprint density at radius 2 is 1.80 bits per heavy atom. The lowest BCUT2D eigenvalue weighted by atomic mass is 9.97. The minimum Gasteiger partial charge on any atom is -0.481 e. The van der Waals surface area contributed by atoms with E-state index in [1.165, 1.54) is 0 Å². The first kappa shape index (κ1) is 22.0. The molecule has 0 aromatic heterocycles. The molecule has 0 fully saturated rings. The van der Waals surface area contributed by atoms with E-state index in [2.05, 4.69) is 22.0 Å². The lowest BCUT2D eigenvalue weighted by Crippen LogP contribution is -2.45. The van der Waals surface area contributed by atoms with Gasteiger partial charge in [-0.25, -0.2) is 9.59 Å². The summed E-state index contributed by atoms with van der Waals surface area (Å²) in [5.41, 5.74) is -0.845. The minimum atomic E-state index is -1.49. The molecule has 2 atom stereocenters. The van der Waals surface area contributed by atoms with Crippen molar-refractivity contribution in [3.63, 3.8) is 0 Å². The van der Waals surface area contributed by atoms with Crippen molar-refractivity contribution in [1.82, 2.24) is 5.32 Å². The average Bonchev–Trinajstić information content (AvgIpc) is 2.41. The number of nitrogens with zero attached hydrogens (tertiary/aromatic N) is 1. The third-order valence-corrected chi connectivity index (χ3v) is 2.57. The Kier molecular flexibility index (Phi) is 8.76. The summed E-state index contributed by atoms with van der Waals surface area (Å²) in [7, 11) is 0. The SMILES string of the molecule is CC(C)(C)OC(=O)N[C@@H](CC(CC#CCO[N+](=O)[O-])C(=O)O)C(=O)O. The number of carboxylic acids is 2. The second-order valence-corrected chi connectivity index (χ2v) is 5.86. The van der Waals surface area contributed by atoms with Crippen molar-refractivity contribution < 1.29 is 39.3 Å². The average molecular weight is 360 g/mol. The number of carboxylic acid groups (broad SMARTS) is 2. The number of alkyl carbamates (subject to hydrolysis) is 1. The van der Waals surface area contributed by atoms with Crippen LogP contribution >= 0.6 is 0 Å². The van der Waals surface area contributed by atoms with Crippen LogP contribution in [0, 0.1) is 27.9 Å². The normalized spacial score (nSPS) is 12.8. The number of rotatable bonds is 8. The molecule has 0 aliphatic carbocycles. The first-order valence-electron chi connectivity index (χ1n) is 7.10. The van der Waals surface area contributed by atoms with E-state index in [1.807, 2.05) is 0 Å². The molecule has 0 aliphatic heterocycles. The quantitative estimate of drug-likeness (QED) is 0.320. The summed E-state index contributed by atoms with van der Waals surface area (Å²) in [6, 6.07) is -1.49. The van der Waals surface area contributed by atoms with Crippen LogP contribution in [-0.4, -0.2) is 51.6 Å². The van der Waals surface area contributed by atoms with Crippen LogP contribution in [-0.2, 0) is 19.2 Å². The number of hydrogen-bond acceptors (Lipinski definition) is 7. The van der Waals surface area contributed by atoms with E-state index in [0.29, 0.717) is 0 Å². The number of hydrogen-bond donors (Lipinski definition) is 3. The van der Waals surface area contributed by atoms with Crippen molar-refractivity contribution in [3.8, 4) is 11.8 Å². The summed E-state index contributed by atoms with van der Waals surface area (Å²) < 4.78 is 4.93. The van der Waals surface area contributed by atoms with Crippen LogP contribution < -0.4 is 5.32 Å². The maximum Gasteiger partial charge on any atom is 0.408 e. The largest absolute Gasteiger partial charge is 0.481 e. The molecule has 3 N–H and O–H groups in total. The number of amides is 1. The van der Waals surface area contributed by atoms with Crippen molar-refractivity contribution in [2.24, 2.45) is 5.92 Å². The fourth-order valence-corrected chi connectivity index (χ4v) is 1.56. The number of nitrogens with one attached hydrogen (secondary N) is 1. The highest BCUT2D eigenvalue weighted by Crippen LogP contribution is 2.13. The van der Waals surface area contributed by atoms with Crippen LogP contribution in [0.1, 0.15) is 33.6 Å². The second kappa shape index (κ2) is 9.96. The second-order valence-electron chi connectivity index (χ2n) is 5.86. The highest BCUT2D eigenvalue weighted by atomic mass is 16.9. The van der Waals surface area contributed by atoms with Gasteiger partial charge in [0.25, 0.3) is 5.09 Å². The molecule has 11 nitrogen and oxygen atoms in total. The van der Waals surface area contributed by atoms with Crippen molar-refractivity contribution in [3.05, 3.63) is 10.1 Å². The van der Waals surface area contributed by atoms with Crippen LogP contribution in [0.25, 0.3) is 0 Å². The predicted octanol–water partition coefficient (Wildman–Crippen LogP) is 0.657. The Labute approximate surface area is 143 Å². The molecule has 1 amide bonds. The molecule has 0 saturated heterocycles. The molecule has 0 rings (SSSR count). The molecule has 1 unspecified atom stereocenters. The van der Waals surface area contributed by atoms with Crippen LogP contribution in [0.3, 0.4) is 0 Å². The Hall–Kier alpha value is -3.03.